The number of nitrogen functional groups attached to an aromatic ring is 1. The van der Waals surface area contributed by atoms with Crippen LogP contribution in [0, 0.1) is 0 Å². The van der Waals surface area contributed by atoms with Crippen molar-refractivity contribution in [3.8, 4) is 0 Å². The molecule has 1 aliphatic heterocycles. The number of halogens is 5. The zero-order valence-electron chi connectivity index (χ0n) is 21.0. The largest absolute Gasteiger partial charge is 0.396 e. The summed E-state index contributed by atoms with van der Waals surface area (Å²) < 4.78 is 27.9. The summed E-state index contributed by atoms with van der Waals surface area (Å²) in [6, 6.07) is 8.15. The van der Waals surface area contributed by atoms with Gasteiger partial charge in [0.2, 0.25) is 0 Å². The number of carbonyl (C=O) groups excluding carboxylic acids is 1. The third-order valence-electron chi connectivity index (χ3n) is 5.97. The summed E-state index contributed by atoms with van der Waals surface area (Å²) in [5, 5.41) is 1.44. The molecule has 36 heavy (non-hydrogen) atoms. The van der Waals surface area contributed by atoms with Gasteiger partial charge in [-0.2, -0.15) is 8.78 Å². The van der Waals surface area contributed by atoms with Crippen LogP contribution < -0.4 is 15.5 Å². The first-order valence-electron chi connectivity index (χ1n) is 12.0. The SMILES string of the molecule is CC.CCC(c1ccc(Cl)c(N)c1N1CCCN(c2ccc(Cl)cc2Cl)C1)N(CC)C(=O)C(F)(F)P. The van der Waals surface area contributed by atoms with Crippen molar-refractivity contribution in [3.63, 3.8) is 0 Å². The molecule has 0 saturated carbocycles. The highest BCUT2D eigenvalue weighted by Crippen LogP contribution is 2.43. The Balaban J connectivity index is 0.00000222. The van der Waals surface area contributed by atoms with Crippen molar-refractivity contribution in [2.24, 2.45) is 0 Å². The summed E-state index contributed by atoms with van der Waals surface area (Å²) in [5.74, 6) is -1.25. The number of rotatable bonds is 7. The van der Waals surface area contributed by atoms with Gasteiger partial charge in [0.05, 0.1) is 39.8 Å². The van der Waals surface area contributed by atoms with Crippen LogP contribution >= 0.6 is 44.0 Å². The molecule has 0 aliphatic carbocycles. The standard InChI is InChI=1S/C23H28Cl3F2N4OP.C2H6/c1-3-18(32(4-2)22(33)23(27,28)34)15-7-8-16(25)20(29)21(15)31-11-5-10-30(13-31)19-9-6-14(24)12-17(19)26;1-2/h6-9,12,18H,3-5,10-11,13,29,34H2,1-2H3;1-2H3. The summed E-state index contributed by atoms with van der Waals surface area (Å²) in [7, 11) is 1.33. The van der Waals surface area contributed by atoms with Crippen molar-refractivity contribution in [2.75, 3.05) is 41.8 Å². The Morgan fingerprint density at radius 2 is 1.75 bits per heavy atom. The van der Waals surface area contributed by atoms with Crippen LogP contribution in [0.25, 0.3) is 0 Å². The van der Waals surface area contributed by atoms with Gasteiger partial charge in [0, 0.05) is 30.2 Å². The number of amides is 1. The molecular weight excluding hydrogens is 548 g/mol. The first-order valence-corrected chi connectivity index (χ1v) is 13.7. The lowest BCUT2D eigenvalue weighted by atomic mass is 9.98. The average Bonchev–Trinajstić information content (AvgIpc) is 2.84. The Hall–Kier alpha value is -1.53. The number of carbonyl (C=O) groups is 1. The number of hydrogen-bond acceptors (Lipinski definition) is 4. The van der Waals surface area contributed by atoms with Gasteiger partial charge in [-0.3, -0.25) is 4.79 Å². The first-order chi connectivity index (χ1) is 17.0. The van der Waals surface area contributed by atoms with Gasteiger partial charge in [-0.15, -0.1) is 0 Å². The molecule has 1 heterocycles. The molecule has 11 heteroatoms. The zero-order chi connectivity index (χ0) is 27.2. The number of hydrogen-bond donors (Lipinski definition) is 1. The number of anilines is 3. The average molecular weight is 582 g/mol. The minimum absolute atomic E-state index is 0.121. The lowest BCUT2D eigenvalue weighted by Crippen LogP contribution is -2.47. The van der Waals surface area contributed by atoms with E-state index in [0.29, 0.717) is 51.6 Å². The number of nitrogens with two attached hydrogens (primary N) is 1. The van der Waals surface area contributed by atoms with Crippen LogP contribution in [0.3, 0.4) is 0 Å². The van der Waals surface area contributed by atoms with Crippen LogP contribution in [-0.2, 0) is 4.79 Å². The molecule has 200 valence electrons. The quantitative estimate of drug-likeness (QED) is 0.269. The third-order valence-corrected chi connectivity index (χ3v) is 7.08. The highest BCUT2D eigenvalue weighted by Gasteiger charge is 2.40. The Morgan fingerprint density at radius 1 is 1.11 bits per heavy atom. The van der Waals surface area contributed by atoms with Crippen LogP contribution in [0.2, 0.25) is 15.1 Å². The second-order valence-electron chi connectivity index (χ2n) is 8.15. The minimum atomic E-state index is -3.56. The van der Waals surface area contributed by atoms with Crippen LogP contribution in [0.15, 0.2) is 30.3 Å². The first kappa shape index (κ1) is 30.7. The molecule has 2 aromatic rings. The minimum Gasteiger partial charge on any atom is -0.396 e. The van der Waals surface area contributed by atoms with Crippen molar-refractivity contribution in [2.45, 2.75) is 52.2 Å². The molecule has 2 unspecified atom stereocenters. The number of alkyl halides is 2. The Labute approximate surface area is 230 Å². The number of nitrogens with zero attached hydrogens (tertiary/aromatic N) is 3. The molecule has 0 aromatic heterocycles. The fourth-order valence-corrected chi connectivity index (χ4v) is 5.29. The van der Waals surface area contributed by atoms with Gasteiger partial charge in [-0.05, 0) is 44.0 Å². The summed E-state index contributed by atoms with van der Waals surface area (Å²) in [6.45, 7) is 9.55. The van der Waals surface area contributed by atoms with E-state index < -0.39 is 17.6 Å². The maximum atomic E-state index is 14.0. The molecular formula is C25H34Cl3F2N4OP. The third kappa shape index (κ3) is 6.86. The van der Waals surface area contributed by atoms with E-state index in [2.05, 4.69) is 9.80 Å². The van der Waals surface area contributed by atoms with E-state index >= 15 is 0 Å². The van der Waals surface area contributed by atoms with Crippen molar-refractivity contribution >= 4 is 67.0 Å². The molecule has 3 rings (SSSR count). The molecule has 0 bridgehead atoms. The molecule has 2 atom stereocenters. The topological polar surface area (TPSA) is 52.8 Å². The van der Waals surface area contributed by atoms with E-state index in [-0.39, 0.29) is 6.54 Å². The lowest BCUT2D eigenvalue weighted by Gasteiger charge is -2.42. The fourth-order valence-electron chi connectivity index (χ4n) is 4.44. The van der Waals surface area contributed by atoms with Gasteiger partial charge in [-0.25, -0.2) is 0 Å². The van der Waals surface area contributed by atoms with Crippen LogP contribution in [0.5, 0.6) is 0 Å². The smallest absolute Gasteiger partial charge is 0.335 e. The second kappa shape index (κ2) is 13.3. The van der Waals surface area contributed by atoms with E-state index in [1.54, 1.807) is 31.2 Å². The maximum absolute atomic E-state index is 14.0. The Morgan fingerprint density at radius 3 is 2.31 bits per heavy atom. The van der Waals surface area contributed by atoms with E-state index in [0.717, 1.165) is 18.7 Å². The molecule has 5 nitrogen and oxygen atoms in total. The second-order valence-corrected chi connectivity index (χ2v) is 10.1. The van der Waals surface area contributed by atoms with Crippen molar-refractivity contribution in [1.29, 1.82) is 0 Å². The highest BCUT2D eigenvalue weighted by molar-refractivity contribution is 7.20. The molecule has 1 saturated heterocycles. The summed E-state index contributed by atoms with van der Waals surface area (Å²) >= 11 is 18.9. The Kier molecular flexibility index (Phi) is 11.4. The van der Waals surface area contributed by atoms with Gasteiger partial charge >= 0.3 is 5.66 Å². The normalized spacial score (nSPS) is 14.7. The van der Waals surface area contributed by atoms with Crippen molar-refractivity contribution in [1.82, 2.24) is 4.90 Å². The zero-order valence-corrected chi connectivity index (χ0v) is 24.4. The van der Waals surface area contributed by atoms with E-state index in [1.807, 2.05) is 26.8 Å². The fraction of sp³-hybridized carbons (Fsp3) is 0.480. The summed E-state index contributed by atoms with van der Waals surface area (Å²) in [5.41, 5.74) is 5.40. The van der Waals surface area contributed by atoms with E-state index in [1.165, 1.54) is 14.1 Å². The highest BCUT2D eigenvalue weighted by atomic mass is 35.5. The van der Waals surface area contributed by atoms with Crippen LogP contribution in [0.4, 0.5) is 25.8 Å². The molecule has 1 amide bonds. The molecule has 2 N–H and O–H groups in total. The van der Waals surface area contributed by atoms with Gasteiger partial charge < -0.3 is 20.4 Å². The monoisotopic (exact) mass is 580 g/mol. The van der Waals surface area contributed by atoms with Gasteiger partial charge in [-0.1, -0.05) is 70.9 Å². The summed E-state index contributed by atoms with van der Waals surface area (Å²) in [6.07, 6.45) is 1.23. The molecule has 0 radical (unpaired) electrons. The number of benzene rings is 2. The Bertz CT molecular complexity index is 1050. The molecule has 1 fully saturated rings. The van der Waals surface area contributed by atoms with E-state index in [4.69, 9.17) is 40.5 Å². The van der Waals surface area contributed by atoms with E-state index in [9.17, 15) is 13.6 Å². The molecule has 0 spiro atoms. The predicted octanol–water partition coefficient (Wildman–Crippen LogP) is 7.70. The van der Waals surface area contributed by atoms with Crippen molar-refractivity contribution < 1.29 is 13.6 Å². The van der Waals surface area contributed by atoms with Gasteiger partial charge in [0.25, 0.3) is 5.91 Å². The van der Waals surface area contributed by atoms with Crippen LogP contribution in [-0.4, -0.2) is 42.8 Å². The van der Waals surface area contributed by atoms with Gasteiger partial charge in [0.15, 0.2) is 0 Å². The van der Waals surface area contributed by atoms with Crippen molar-refractivity contribution in [3.05, 3.63) is 51.0 Å². The molecule has 2 aromatic carbocycles. The summed E-state index contributed by atoms with van der Waals surface area (Å²) in [4.78, 5) is 17.9. The van der Waals surface area contributed by atoms with Crippen LogP contribution in [0.1, 0.15) is 52.1 Å². The predicted molar refractivity (Wildman–Crippen MR) is 153 cm³/mol. The van der Waals surface area contributed by atoms with Gasteiger partial charge in [0.1, 0.15) is 0 Å². The molecule has 1 aliphatic rings. The lowest BCUT2D eigenvalue weighted by molar-refractivity contribution is -0.148. The maximum Gasteiger partial charge on any atom is 0.335 e.